The first kappa shape index (κ1) is 20.0. The molecule has 0 saturated carbocycles. The molecular weight excluding hydrogens is 436 g/mol. The lowest BCUT2D eigenvalue weighted by atomic mass is 10.1. The number of hydrogen-bond donors (Lipinski definition) is 0. The van der Waals surface area contributed by atoms with Crippen molar-refractivity contribution >= 4 is 49.7 Å². The molecular formula is C29H22N4O2. The van der Waals surface area contributed by atoms with Crippen molar-refractivity contribution in [3.8, 4) is 0 Å². The van der Waals surface area contributed by atoms with Gasteiger partial charge in [-0.2, -0.15) is 0 Å². The molecule has 1 saturated heterocycles. The minimum atomic E-state index is -0.0675. The van der Waals surface area contributed by atoms with Gasteiger partial charge in [0.1, 0.15) is 5.69 Å². The van der Waals surface area contributed by atoms with E-state index in [1.807, 2.05) is 77.7 Å². The smallest absolute Gasteiger partial charge is 0.272 e. The van der Waals surface area contributed by atoms with E-state index < -0.39 is 0 Å². The van der Waals surface area contributed by atoms with Gasteiger partial charge in [-0.15, -0.1) is 0 Å². The second-order valence-electron chi connectivity index (χ2n) is 9.07. The summed E-state index contributed by atoms with van der Waals surface area (Å²) < 4.78 is 1.75. The molecule has 6 heteroatoms. The van der Waals surface area contributed by atoms with Crippen LogP contribution in [0.3, 0.4) is 0 Å². The van der Waals surface area contributed by atoms with Crippen LogP contribution in [0, 0.1) is 0 Å². The first-order valence-corrected chi connectivity index (χ1v) is 11.9. The van der Waals surface area contributed by atoms with Crippen molar-refractivity contribution in [1.82, 2.24) is 14.3 Å². The number of amides is 1. The van der Waals surface area contributed by atoms with Gasteiger partial charge in [-0.3, -0.25) is 14.0 Å². The van der Waals surface area contributed by atoms with Gasteiger partial charge in [-0.1, -0.05) is 54.6 Å². The van der Waals surface area contributed by atoms with E-state index >= 15 is 0 Å². The van der Waals surface area contributed by atoms with E-state index in [0.717, 1.165) is 40.3 Å². The molecule has 0 atom stereocenters. The van der Waals surface area contributed by atoms with Crippen LogP contribution in [-0.2, 0) is 0 Å². The highest BCUT2D eigenvalue weighted by molar-refractivity contribution is 6.20. The van der Waals surface area contributed by atoms with Crippen molar-refractivity contribution in [3.05, 3.63) is 101 Å². The number of anilines is 1. The quantitative estimate of drug-likeness (QED) is 0.357. The Hall–Kier alpha value is -4.45. The summed E-state index contributed by atoms with van der Waals surface area (Å²) in [5, 5.41) is 3.23. The number of hydrogen-bond acceptors (Lipinski definition) is 4. The molecule has 1 aliphatic heterocycles. The lowest BCUT2D eigenvalue weighted by Gasteiger charge is -2.36. The molecule has 170 valence electrons. The Bertz CT molecular complexity index is 1800. The molecule has 0 N–H and O–H groups in total. The third kappa shape index (κ3) is 2.93. The molecule has 0 unspecified atom stereocenters. The van der Waals surface area contributed by atoms with Crippen molar-refractivity contribution in [2.45, 2.75) is 0 Å². The summed E-state index contributed by atoms with van der Waals surface area (Å²) in [7, 11) is 0. The minimum Gasteiger partial charge on any atom is -0.368 e. The normalized spacial score (nSPS) is 14.5. The number of aromatic nitrogens is 2. The Labute approximate surface area is 201 Å². The zero-order chi connectivity index (χ0) is 23.5. The topological polar surface area (TPSA) is 57.9 Å². The number of carbonyl (C=O) groups excluding carboxylic acids is 1. The van der Waals surface area contributed by atoms with E-state index in [9.17, 15) is 9.59 Å². The van der Waals surface area contributed by atoms with Gasteiger partial charge >= 0.3 is 0 Å². The van der Waals surface area contributed by atoms with Gasteiger partial charge in [0, 0.05) is 53.4 Å². The molecule has 6 aromatic rings. The fourth-order valence-electron chi connectivity index (χ4n) is 5.46. The Morgan fingerprint density at radius 2 is 1.37 bits per heavy atom. The Balaban J connectivity index is 1.37. The average Bonchev–Trinajstić information content (AvgIpc) is 3.27. The summed E-state index contributed by atoms with van der Waals surface area (Å²) >= 11 is 0. The predicted molar refractivity (Wildman–Crippen MR) is 140 cm³/mol. The number of para-hydroxylation sites is 2. The van der Waals surface area contributed by atoms with Crippen LogP contribution in [0.4, 0.5) is 5.69 Å². The molecule has 4 heterocycles. The zero-order valence-corrected chi connectivity index (χ0v) is 19.0. The highest BCUT2D eigenvalue weighted by atomic mass is 16.2. The van der Waals surface area contributed by atoms with Crippen molar-refractivity contribution < 1.29 is 4.79 Å². The second kappa shape index (κ2) is 7.53. The van der Waals surface area contributed by atoms with Crippen LogP contribution in [0.2, 0.25) is 0 Å². The largest absolute Gasteiger partial charge is 0.368 e. The Kier molecular flexibility index (Phi) is 4.30. The molecule has 0 spiro atoms. The lowest BCUT2D eigenvalue weighted by Crippen LogP contribution is -2.49. The van der Waals surface area contributed by atoms with E-state index in [1.54, 1.807) is 4.40 Å². The van der Waals surface area contributed by atoms with Crippen molar-refractivity contribution in [3.63, 3.8) is 0 Å². The molecule has 6 nitrogen and oxygen atoms in total. The predicted octanol–water partition coefficient (Wildman–Crippen LogP) is 4.55. The van der Waals surface area contributed by atoms with E-state index in [0.29, 0.717) is 29.7 Å². The number of benzene rings is 3. The maximum Gasteiger partial charge on any atom is 0.272 e. The maximum atomic E-state index is 13.7. The maximum absolute atomic E-state index is 13.7. The highest BCUT2D eigenvalue weighted by Gasteiger charge is 2.26. The second-order valence-corrected chi connectivity index (χ2v) is 9.07. The van der Waals surface area contributed by atoms with Crippen LogP contribution >= 0.6 is 0 Å². The molecule has 3 aromatic carbocycles. The minimum absolute atomic E-state index is 0.0581. The van der Waals surface area contributed by atoms with Crippen LogP contribution < -0.4 is 10.5 Å². The molecule has 1 aliphatic rings. The van der Waals surface area contributed by atoms with Gasteiger partial charge in [0.2, 0.25) is 0 Å². The van der Waals surface area contributed by atoms with Crippen molar-refractivity contribution in [2.24, 2.45) is 0 Å². The summed E-state index contributed by atoms with van der Waals surface area (Å²) in [6.07, 6.45) is 0. The number of nitrogens with zero attached hydrogens (tertiary/aromatic N) is 4. The Morgan fingerprint density at radius 1 is 0.714 bits per heavy atom. The van der Waals surface area contributed by atoms with E-state index in [2.05, 4.69) is 17.0 Å². The third-order valence-corrected chi connectivity index (χ3v) is 7.17. The monoisotopic (exact) mass is 458 g/mol. The fourth-order valence-corrected chi connectivity index (χ4v) is 5.46. The first-order valence-electron chi connectivity index (χ1n) is 11.9. The van der Waals surface area contributed by atoms with Gasteiger partial charge in [-0.25, -0.2) is 4.98 Å². The lowest BCUT2D eigenvalue weighted by molar-refractivity contribution is 0.0741. The number of carbonyl (C=O) groups is 1. The molecule has 7 rings (SSSR count). The number of piperazine rings is 1. The standard InChI is InChI=1S/C29H22N4O2/c34-28-22-12-5-4-11-21(22)26-27-23(20-10-6-7-13-25(20)33(27)28)18-24(30-26)29(35)32-16-14-31(15-17-32)19-8-2-1-3-9-19/h1-13,18H,14-17H2. The summed E-state index contributed by atoms with van der Waals surface area (Å²) in [4.78, 5) is 36.2. The van der Waals surface area contributed by atoms with E-state index in [1.165, 1.54) is 5.69 Å². The molecule has 1 amide bonds. The molecule has 0 bridgehead atoms. The number of pyridine rings is 2. The van der Waals surface area contributed by atoms with Gasteiger partial charge < -0.3 is 9.80 Å². The summed E-state index contributed by atoms with van der Waals surface area (Å²) in [5.74, 6) is -0.0675. The van der Waals surface area contributed by atoms with Crippen LogP contribution in [0.15, 0.2) is 89.7 Å². The average molecular weight is 459 g/mol. The van der Waals surface area contributed by atoms with E-state index in [-0.39, 0.29) is 11.5 Å². The van der Waals surface area contributed by atoms with Crippen molar-refractivity contribution in [1.29, 1.82) is 0 Å². The number of rotatable bonds is 2. The van der Waals surface area contributed by atoms with E-state index in [4.69, 9.17) is 4.98 Å². The summed E-state index contributed by atoms with van der Waals surface area (Å²) in [5.41, 5.74) is 3.86. The van der Waals surface area contributed by atoms with Crippen molar-refractivity contribution in [2.75, 3.05) is 31.1 Å². The van der Waals surface area contributed by atoms with Gasteiger partial charge in [0.25, 0.3) is 11.5 Å². The van der Waals surface area contributed by atoms with Gasteiger partial charge in [-0.05, 0) is 30.3 Å². The molecule has 1 fully saturated rings. The molecule has 3 aromatic heterocycles. The molecule has 35 heavy (non-hydrogen) atoms. The van der Waals surface area contributed by atoms with Crippen LogP contribution in [0.5, 0.6) is 0 Å². The third-order valence-electron chi connectivity index (χ3n) is 7.17. The fraction of sp³-hybridized carbons (Fsp3) is 0.138. The van der Waals surface area contributed by atoms with Gasteiger partial charge in [0.15, 0.2) is 0 Å². The van der Waals surface area contributed by atoms with Crippen LogP contribution in [0.1, 0.15) is 10.5 Å². The zero-order valence-electron chi connectivity index (χ0n) is 19.0. The SMILES string of the molecule is O=C(c1cc2c3ccccc3n3c(=O)c4ccccc4c(n1)c23)N1CCN(c2ccccc2)CC1. The van der Waals surface area contributed by atoms with Gasteiger partial charge in [0.05, 0.1) is 16.6 Å². The molecule has 0 aliphatic carbocycles. The number of fused-ring (bicyclic) bond motifs is 5. The summed E-state index contributed by atoms with van der Waals surface area (Å²) in [6, 6.07) is 27.6. The highest BCUT2D eigenvalue weighted by Crippen LogP contribution is 2.34. The van der Waals surface area contributed by atoms with Crippen LogP contribution in [-0.4, -0.2) is 46.4 Å². The Morgan fingerprint density at radius 3 is 2.14 bits per heavy atom. The first-order chi connectivity index (χ1) is 17.2. The molecule has 0 radical (unpaired) electrons. The van der Waals surface area contributed by atoms with Crippen LogP contribution in [0.25, 0.3) is 38.1 Å². The summed E-state index contributed by atoms with van der Waals surface area (Å²) in [6.45, 7) is 2.84.